The van der Waals surface area contributed by atoms with E-state index < -0.39 is 0 Å². The topological polar surface area (TPSA) is 53.9 Å². The Bertz CT molecular complexity index is 861. The monoisotopic (exact) mass is 383 g/mol. The van der Waals surface area contributed by atoms with Gasteiger partial charge in [-0.15, -0.1) is 0 Å². The van der Waals surface area contributed by atoms with Gasteiger partial charge >= 0.3 is 0 Å². The van der Waals surface area contributed by atoms with E-state index in [4.69, 9.17) is 0 Å². The lowest BCUT2D eigenvalue weighted by Gasteiger charge is -2.27. The van der Waals surface area contributed by atoms with E-state index in [1.165, 1.54) is 19.3 Å². The minimum Gasteiger partial charge on any atom is -0.357 e. The van der Waals surface area contributed by atoms with Crippen LogP contribution in [-0.4, -0.2) is 28.0 Å². The lowest BCUT2D eigenvalue weighted by molar-refractivity contribution is 0.574. The quantitative estimate of drug-likeness (QED) is 0.720. The van der Waals surface area contributed by atoms with Gasteiger partial charge in [0.15, 0.2) is 0 Å². The minimum absolute atomic E-state index is 0.804. The average molecular weight is 384 g/mol. The summed E-state index contributed by atoms with van der Waals surface area (Å²) >= 11 is 3.50. The minimum atomic E-state index is 0.804. The number of hydrogen-bond donors (Lipinski definition) is 1. The molecule has 1 fully saturated rings. The molecule has 0 radical (unpaired) electrons. The fraction of sp³-hybridized carbons (Fsp3) is 0.278. The number of nitrogens with one attached hydrogen (secondary N) is 1. The van der Waals surface area contributed by atoms with E-state index in [1.807, 2.05) is 30.5 Å². The van der Waals surface area contributed by atoms with E-state index in [0.717, 1.165) is 45.8 Å². The molecule has 0 saturated carbocycles. The number of benzene rings is 1. The van der Waals surface area contributed by atoms with Gasteiger partial charge < -0.3 is 10.2 Å². The molecule has 1 aliphatic rings. The number of fused-ring (bicyclic) bond motifs is 1. The lowest BCUT2D eigenvalue weighted by Crippen LogP contribution is -2.30. The summed E-state index contributed by atoms with van der Waals surface area (Å²) in [5, 5.41) is 4.38. The Labute approximate surface area is 149 Å². The second-order valence-electron chi connectivity index (χ2n) is 5.96. The van der Waals surface area contributed by atoms with Gasteiger partial charge in [0.05, 0.1) is 11.7 Å². The molecule has 0 amide bonds. The smallest absolute Gasteiger partial charge is 0.141 e. The van der Waals surface area contributed by atoms with Crippen LogP contribution in [0.3, 0.4) is 0 Å². The van der Waals surface area contributed by atoms with Gasteiger partial charge in [-0.2, -0.15) is 0 Å². The molecule has 1 aliphatic heterocycles. The summed E-state index contributed by atoms with van der Waals surface area (Å²) in [5.74, 6) is 1.81. The Morgan fingerprint density at radius 3 is 2.71 bits per heavy atom. The van der Waals surface area contributed by atoms with Crippen molar-refractivity contribution in [1.82, 2.24) is 15.0 Å². The van der Waals surface area contributed by atoms with E-state index in [-0.39, 0.29) is 0 Å². The molecule has 1 aromatic carbocycles. The summed E-state index contributed by atoms with van der Waals surface area (Å²) in [4.78, 5) is 15.7. The molecule has 1 N–H and O–H groups in total. The van der Waals surface area contributed by atoms with Crippen LogP contribution in [0.4, 0.5) is 17.3 Å². The van der Waals surface area contributed by atoms with Crippen molar-refractivity contribution in [3.05, 3.63) is 47.3 Å². The molecular formula is C18H18BrN5. The maximum Gasteiger partial charge on any atom is 0.141 e. The first-order chi connectivity index (χ1) is 11.8. The van der Waals surface area contributed by atoms with Crippen molar-refractivity contribution in [3.63, 3.8) is 0 Å². The van der Waals surface area contributed by atoms with Crippen molar-refractivity contribution in [3.8, 4) is 0 Å². The molecule has 0 spiro atoms. The van der Waals surface area contributed by atoms with Crippen LogP contribution < -0.4 is 10.2 Å². The van der Waals surface area contributed by atoms with Crippen LogP contribution in [0, 0.1) is 0 Å². The SMILES string of the molecule is Brc1cccc(Nc2ncnc3cnc(N4CCCCC4)cc23)c1. The third-order valence-corrected chi connectivity index (χ3v) is 4.77. The Morgan fingerprint density at radius 2 is 1.88 bits per heavy atom. The van der Waals surface area contributed by atoms with E-state index in [9.17, 15) is 0 Å². The highest BCUT2D eigenvalue weighted by atomic mass is 79.9. The number of anilines is 3. The molecule has 6 heteroatoms. The maximum atomic E-state index is 4.59. The highest BCUT2D eigenvalue weighted by Crippen LogP contribution is 2.27. The van der Waals surface area contributed by atoms with Gasteiger partial charge in [-0.05, 0) is 43.5 Å². The molecule has 24 heavy (non-hydrogen) atoms. The standard InChI is InChI=1S/C18H18BrN5/c19-13-5-4-6-14(9-13)23-18-15-10-17(24-7-2-1-3-8-24)20-11-16(15)21-12-22-18/h4-6,9-12H,1-3,7-8H2,(H,21,22,23). The molecule has 0 aliphatic carbocycles. The first-order valence-electron chi connectivity index (χ1n) is 8.18. The molecule has 3 heterocycles. The highest BCUT2D eigenvalue weighted by molar-refractivity contribution is 9.10. The van der Waals surface area contributed by atoms with Crippen molar-refractivity contribution < 1.29 is 0 Å². The molecule has 0 bridgehead atoms. The van der Waals surface area contributed by atoms with Crippen LogP contribution in [-0.2, 0) is 0 Å². The zero-order chi connectivity index (χ0) is 16.4. The van der Waals surface area contributed by atoms with Gasteiger partial charge in [0.1, 0.15) is 18.0 Å². The molecule has 1 saturated heterocycles. The van der Waals surface area contributed by atoms with Crippen LogP contribution in [0.2, 0.25) is 0 Å². The summed E-state index contributed by atoms with van der Waals surface area (Å²) in [6, 6.07) is 10.1. The first kappa shape index (κ1) is 15.3. The van der Waals surface area contributed by atoms with E-state index >= 15 is 0 Å². The fourth-order valence-electron chi connectivity index (χ4n) is 3.05. The van der Waals surface area contributed by atoms with E-state index in [0.29, 0.717) is 0 Å². The summed E-state index contributed by atoms with van der Waals surface area (Å²) in [6.07, 6.45) is 7.18. The second-order valence-corrected chi connectivity index (χ2v) is 6.88. The molecule has 0 unspecified atom stereocenters. The predicted octanol–water partition coefficient (Wildman–Crippen LogP) is 4.52. The summed E-state index contributed by atoms with van der Waals surface area (Å²) < 4.78 is 1.03. The second kappa shape index (κ2) is 6.73. The number of hydrogen-bond acceptors (Lipinski definition) is 5. The summed E-state index contributed by atoms with van der Waals surface area (Å²) in [5.41, 5.74) is 1.84. The predicted molar refractivity (Wildman–Crippen MR) is 101 cm³/mol. The van der Waals surface area contributed by atoms with Crippen molar-refractivity contribution >= 4 is 44.2 Å². The van der Waals surface area contributed by atoms with Crippen molar-refractivity contribution in [2.45, 2.75) is 19.3 Å². The largest absolute Gasteiger partial charge is 0.357 e. The first-order valence-corrected chi connectivity index (χ1v) is 8.97. The van der Waals surface area contributed by atoms with Gasteiger partial charge in [-0.25, -0.2) is 15.0 Å². The maximum absolute atomic E-state index is 4.59. The summed E-state index contributed by atoms with van der Waals surface area (Å²) in [7, 11) is 0. The zero-order valence-corrected chi connectivity index (χ0v) is 14.8. The zero-order valence-electron chi connectivity index (χ0n) is 13.2. The Hall–Kier alpha value is -2.21. The van der Waals surface area contributed by atoms with Gasteiger partial charge in [0.2, 0.25) is 0 Å². The van der Waals surface area contributed by atoms with Gasteiger partial charge in [0, 0.05) is 28.6 Å². The Balaban J connectivity index is 1.71. The van der Waals surface area contributed by atoms with E-state index in [2.05, 4.69) is 47.2 Å². The number of nitrogens with zero attached hydrogens (tertiary/aromatic N) is 4. The van der Waals surface area contributed by atoms with Crippen LogP contribution in [0.5, 0.6) is 0 Å². The van der Waals surface area contributed by atoms with Crippen molar-refractivity contribution in [2.75, 3.05) is 23.3 Å². The van der Waals surface area contributed by atoms with Gasteiger partial charge in [-0.1, -0.05) is 22.0 Å². The molecular weight excluding hydrogens is 366 g/mol. The fourth-order valence-corrected chi connectivity index (χ4v) is 3.45. The summed E-state index contributed by atoms with van der Waals surface area (Å²) in [6.45, 7) is 2.14. The Morgan fingerprint density at radius 1 is 1.00 bits per heavy atom. The number of rotatable bonds is 3. The van der Waals surface area contributed by atoms with Crippen molar-refractivity contribution in [1.29, 1.82) is 0 Å². The molecule has 2 aromatic heterocycles. The van der Waals surface area contributed by atoms with Gasteiger partial charge in [0.25, 0.3) is 0 Å². The molecule has 5 nitrogen and oxygen atoms in total. The lowest BCUT2D eigenvalue weighted by atomic mass is 10.1. The number of aromatic nitrogens is 3. The third-order valence-electron chi connectivity index (χ3n) is 4.27. The normalized spacial score (nSPS) is 14.8. The van der Waals surface area contributed by atoms with Crippen LogP contribution in [0.25, 0.3) is 10.9 Å². The highest BCUT2D eigenvalue weighted by Gasteiger charge is 2.14. The molecule has 3 aromatic rings. The number of pyridine rings is 1. The van der Waals surface area contributed by atoms with Crippen molar-refractivity contribution in [2.24, 2.45) is 0 Å². The van der Waals surface area contributed by atoms with Gasteiger partial charge in [-0.3, -0.25) is 0 Å². The number of halogens is 1. The van der Waals surface area contributed by atoms with Crippen LogP contribution in [0.15, 0.2) is 47.3 Å². The van der Waals surface area contributed by atoms with Crippen LogP contribution >= 0.6 is 15.9 Å². The Kier molecular flexibility index (Phi) is 4.30. The van der Waals surface area contributed by atoms with Crippen LogP contribution in [0.1, 0.15) is 19.3 Å². The average Bonchev–Trinajstić information content (AvgIpc) is 2.62. The number of piperidine rings is 1. The van der Waals surface area contributed by atoms with E-state index in [1.54, 1.807) is 6.33 Å². The molecule has 4 rings (SSSR count). The molecule has 0 atom stereocenters. The third kappa shape index (κ3) is 3.19. The molecule has 122 valence electrons.